The number of aromatic nitrogens is 3. The molecule has 0 fully saturated rings. The highest BCUT2D eigenvalue weighted by atomic mass is 32.2. The summed E-state index contributed by atoms with van der Waals surface area (Å²) >= 11 is 2.77. The predicted octanol–water partition coefficient (Wildman–Crippen LogP) is 4.81. The van der Waals surface area contributed by atoms with Crippen LogP contribution in [0.15, 0.2) is 42.1 Å². The van der Waals surface area contributed by atoms with Crippen LogP contribution in [0.2, 0.25) is 0 Å². The smallest absolute Gasteiger partial charge is 0.251 e. The zero-order chi connectivity index (χ0) is 25.7. The van der Waals surface area contributed by atoms with Crippen molar-refractivity contribution in [2.75, 3.05) is 11.1 Å². The summed E-state index contributed by atoms with van der Waals surface area (Å²) in [5.41, 5.74) is 3.28. The lowest BCUT2D eigenvalue weighted by molar-refractivity contribution is -0.113. The number of nitrogens with zero attached hydrogens (tertiary/aromatic N) is 4. The Hall–Kier alpha value is -3.42. The summed E-state index contributed by atoms with van der Waals surface area (Å²) in [6, 6.07) is 9.26. The van der Waals surface area contributed by atoms with E-state index in [2.05, 4.69) is 33.5 Å². The summed E-state index contributed by atoms with van der Waals surface area (Å²) in [6.07, 6.45) is 5.78. The highest BCUT2D eigenvalue weighted by Crippen LogP contribution is 2.37. The number of aryl methyl sites for hydroxylation is 2. The molecule has 0 unspecified atom stereocenters. The fraction of sp³-hybridized carbons (Fsp3) is 0.346. The van der Waals surface area contributed by atoms with E-state index >= 15 is 0 Å². The largest absolute Gasteiger partial charge is 0.342 e. The second-order valence-corrected chi connectivity index (χ2v) is 10.7. The number of carbonyl (C=O) groups excluding carboxylic acids is 2. The van der Waals surface area contributed by atoms with E-state index in [9.17, 15) is 14.9 Å². The van der Waals surface area contributed by atoms with Gasteiger partial charge in [-0.2, -0.15) is 5.26 Å². The first-order valence-corrected chi connectivity index (χ1v) is 13.6. The van der Waals surface area contributed by atoms with Gasteiger partial charge in [0.25, 0.3) is 5.91 Å². The molecule has 8 nitrogen and oxygen atoms in total. The number of carbonyl (C=O) groups is 2. The molecule has 2 heterocycles. The summed E-state index contributed by atoms with van der Waals surface area (Å²) in [5, 5.41) is 25.3. The van der Waals surface area contributed by atoms with Crippen LogP contribution in [-0.2, 0) is 24.2 Å². The van der Waals surface area contributed by atoms with Gasteiger partial charge >= 0.3 is 0 Å². The average Bonchev–Trinajstić information content (AvgIpc) is 3.43. The molecule has 1 aliphatic carbocycles. The predicted molar refractivity (Wildman–Crippen MR) is 142 cm³/mol. The van der Waals surface area contributed by atoms with Crippen molar-refractivity contribution in [3.63, 3.8) is 0 Å². The Labute approximate surface area is 218 Å². The van der Waals surface area contributed by atoms with Gasteiger partial charge < -0.3 is 15.2 Å². The van der Waals surface area contributed by atoms with E-state index < -0.39 is 6.04 Å². The van der Waals surface area contributed by atoms with Crippen molar-refractivity contribution in [1.82, 2.24) is 20.1 Å². The zero-order valence-corrected chi connectivity index (χ0v) is 22.0. The fourth-order valence-corrected chi connectivity index (χ4v) is 6.23. The molecule has 0 radical (unpaired) electrons. The number of allylic oxidation sites excluding steroid dienone is 1. The van der Waals surface area contributed by atoms with Crippen LogP contribution in [0.25, 0.3) is 0 Å². The number of nitrogens with one attached hydrogen (secondary N) is 2. The van der Waals surface area contributed by atoms with Crippen molar-refractivity contribution in [3.05, 3.63) is 69.9 Å². The fourth-order valence-electron chi connectivity index (χ4n) is 4.22. The Morgan fingerprint density at radius 1 is 1.33 bits per heavy atom. The third-order valence-corrected chi connectivity index (χ3v) is 8.11. The number of thioether (sulfide) groups is 1. The van der Waals surface area contributed by atoms with E-state index in [-0.39, 0.29) is 17.6 Å². The number of benzene rings is 1. The molecule has 1 atom stereocenters. The quantitative estimate of drug-likeness (QED) is 0.309. The molecule has 0 bridgehead atoms. The topological polar surface area (TPSA) is 113 Å². The highest BCUT2D eigenvalue weighted by Gasteiger charge is 2.23. The molecule has 10 heteroatoms. The van der Waals surface area contributed by atoms with E-state index in [1.165, 1.54) is 28.0 Å². The van der Waals surface area contributed by atoms with E-state index in [1.54, 1.807) is 12.1 Å². The van der Waals surface area contributed by atoms with Crippen molar-refractivity contribution in [3.8, 4) is 6.07 Å². The average molecular weight is 521 g/mol. The standard InChI is InChI=1S/C26H28N6O2S2/c1-4-12-32-23(17(3)28-24(34)18-9-7-8-16(2)13-18)30-31-26(32)35-15-22(33)29-25-20(14-27)19-10-5-6-11-21(19)36-25/h4,7-9,13,17H,1,5-6,10-12,15H2,2-3H3,(H,28,34)(H,29,33)/t17-/m1/s1. The third-order valence-electron chi connectivity index (χ3n) is 5.94. The maximum Gasteiger partial charge on any atom is 0.251 e. The summed E-state index contributed by atoms with van der Waals surface area (Å²) in [4.78, 5) is 26.6. The van der Waals surface area contributed by atoms with Gasteiger partial charge in [0.15, 0.2) is 11.0 Å². The van der Waals surface area contributed by atoms with Gasteiger partial charge in [-0.15, -0.1) is 28.1 Å². The molecule has 3 aromatic rings. The number of hydrogen-bond acceptors (Lipinski definition) is 7. The van der Waals surface area contributed by atoms with Crippen LogP contribution in [0.4, 0.5) is 5.00 Å². The minimum Gasteiger partial charge on any atom is -0.342 e. The van der Waals surface area contributed by atoms with Gasteiger partial charge in [-0.25, -0.2) is 0 Å². The van der Waals surface area contributed by atoms with Crippen LogP contribution in [0.1, 0.15) is 63.6 Å². The van der Waals surface area contributed by atoms with Gasteiger partial charge in [-0.1, -0.05) is 35.5 Å². The van der Waals surface area contributed by atoms with Crippen LogP contribution < -0.4 is 10.6 Å². The molecule has 1 aromatic carbocycles. The monoisotopic (exact) mass is 520 g/mol. The number of fused-ring (bicyclic) bond motifs is 1. The molecule has 0 spiro atoms. The number of hydrogen-bond donors (Lipinski definition) is 2. The molecular formula is C26H28N6O2S2. The zero-order valence-electron chi connectivity index (χ0n) is 20.3. The van der Waals surface area contributed by atoms with Crippen LogP contribution >= 0.6 is 23.1 Å². The van der Waals surface area contributed by atoms with Crippen molar-refractivity contribution in [1.29, 1.82) is 5.26 Å². The second-order valence-electron chi connectivity index (χ2n) is 8.67. The third kappa shape index (κ3) is 5.69. The van der Waals surface area contributed by atoms with Crippen LogP contribution in [-0.4, -0.2) is 32.3 Å². The van der Waals surface area contributed by atoms with Gasteiger partial charge in [-0.3, -0.25) is 9.59 Å². The number of rotatable bonds is 9. The second kappa shape index (κ2) is 11.5. The summed E-state index contributed by atoms with van der Waals surface area (Å²) in [7, 11) is 0. The first-order chi connectivity index (χ1) is 17.4. The highest BCUT2D eigenvalue weighted by molar-refractivity contribution is 7.99. The van der Waals surface area contributed by atoms with Crippen molar-refractivity contribution in [2.24, 2.45) is 0 Å². The maximum absolute atomic E-state index is 12.7. The molecule has 0 saturated heterocycles. The number of anilines is 1. The van der Waals surface area contributed by atoms with E-state index in [4.69, 9.17) is 0 Å². The van der Waals surface area contributed by atoms with Gasteiger partial charge in [-0.05, 0) is 57.2 Å². The number of nitriles is 1. The van der Waals surface area contributed by atoms with E-state index in [0.29, 0.717) is 33.7 Å². The molecule has 1 aliphatic rings. The van der Waals surface area contributed by atoms with Crippen molar-refractivity contribution in [2.45, 2.75) is 57.3 Å². The minimum absolute atomic E-state index is 0.118. The van der Waals surface area contributed by atoms with Gasteiger partial charge in [0.1, 0.15) is 11.1 Å². The van der Waals surface area contributed by atoms with Gasteiger partial charge in [0.05, 0.1) is 17.4 Å². The van der Waals surface area contributed by atoms with Gasteiger partial charge in [0, 0.05) is 17.0 Å². The first-order valence-electron chi connectivity index (χ1n) is 11.8. The normalized spacial score (nSPS) is 13.4. The van der Waals surface area contributed by atoms with E-state index in [0.717, 1.165) is 36.8 Å². The van der Waals surface area contributed by atoms with Crippen LogP contribution in [0, 0.1) is 18.3 Å². The lowest BCUT2D eigenvalue weighted by Gasteiger charge is -2.15. The Morgan fingerprint density at radius 3 is 2.89 bits per heavy atom. The molecule has 2 amide bonds. The lowest BCUT2D eigenvalue weighted by atomic mass is 9.96. The summed E-state index contributed by atoms with van der Waals surface area (Å²) in [6.45, 7) is 8.04. The SMILES string of the molecule is C=CCn1c(SCC(=O)Nc2sc3c(c2C#N)CCCC3)nnc1[C@@H](C)NC(=O)c1cccc(C)c1. The van der Waals surface area contributed by atoms with E-state index in [1.807, 2.05) is 36.6 Å². The van der Waals surface area contributed by atoms with Crippen molar-refractivity contribution < 1.29 is 9.59 Å². The maximum atomic E-state index is 12.7. The number of thiophene rings is 1. The van der Waals surface area contributed by atoms with Crippen LogP contribution in [0.3, 0.4) is 0 Å². The van der Waals surface area contributed by atoms with Crippen LogP contribution in [0.5, 0.6) is 0 Å². The van der Waals surface area contributed by atoms with Gasteiger partial charge in [0.2, 0.25) is 5.91 Å². The Bertz CT molecular complexity index is 1340. The molecule has 0 saturated carbocycles. The molecule has 4 rings (SSSR count). The lowest BCUT2D eigenvalue weighted by Crippen LogP contribution is -2.28. The molecule has 0 aliphatic heterocycles. The molecule has 36 heavy (non-hydrogen) atoms. The minimum atomic E-state index is -0.399. The van der Waals surface area contributed by atoms with Crippen molar-refractivity contribution >= 4 is 39.9 Å². The Kier molecular flexibility index (Phi) is 8.23. The molecule has 2 aromatic heterocycles. The molecule has 2 N–H and O–H groups in total. The molecule has 186 valence electrons. The summed E-state index contributed by atoms with van der Waals surface area (Å²) < 4.78 is 1.84. The Balaban J connectivity index is 1.42. The Morgan fingerprint density at radius 2 is 2.14 bits per heavy atom. The molecular weight excluding hydrogens is 492 g/mol. The first kappa shape index (κ1) is 25.7. The number of amides is 2. The summed E-state index contributed by atoms with van der Waals surface area (Å²) in [5.74, 6) is 0.300.